The van der Waals surface area contributed by atoms with E-state index in [2.05, 4.69) is 11.3 Å². The highest BCUT2D eigenvalue weighted by molar-refractivity contribution is 5.69. The number of ether oxygens (including phenoxy) is 1. The van der Waals surface area contributed by atoms with Crippen molar-refractivity contribution in [1.29, 1.82) is 0 Å². The first-order chi connectivity index (χ1) is 9.37. The Hall–Kier alpha value is -2.23. The van der Waals surface area contributed by atoms with Gasteiger partial charge in [0.05, 0.1) is 0 Å². The molecule has 0 spiro atoms. The molecule has 0 radical (unpaired) electrons. The summed E-state index contributed by atoms with van der Waals surface area (Å²) in [6.07, 6.45) is -3.22. The fourth-order valence-corrected chi connectivity index (χ4v) is 1.85. The van der Waals surface area contributed by atoms with Crippen LogP contribution in [0.5, 0.6) is 5.75 Å². The summed E-state index contributed by atoms with van der Waals surface area (Å²) in [5, 5.41) is 0. The molecule has 104 valence electrons. The zero-order valence-electron chi connectivity index (χ0n) is 10.9. The van der Waals surface area contributed by atoms with Gasteiger partial charge in [-0.3, -0.25) is 0 Å². The number of aryl methyl sites for hydroxylation is 1. The van der Waals surface area contributed by atoms with Gasteiger partial charge in [-0.1, -0.05) is 42.5 Å². The summed E-state index contributed by atoms with van der Waals surface area (Å²) in [6, 6.07) is 12.0. The van der Waals surface area contributed by atoms with E-state index >= 15 is 0 Å². The standard InChI is InChI=1S/C16H13F3O/c1-3-12-8-14(13-6-4-11(2)5-7-13)10-15(9-12)20-16(17,18)19/h3-10H,1H2,2H3. The summed E-state index contributed by atoms with van der Waals surface area (Å²) >= 11 is 0. The van der Waals surface area contributed by atoms with Crippen LogP contribution in [-0.2, 0) is 0 Å². The normalized spacial score (nSPS) is 11.2. The van der Waals surface area contributed by atoms with Gasteiger partial charge in [-0.2, -0.15) is 0 Å². The Labute approximate surface area is 115 Å². The van der Waals surface area contributed by atoms with Gasteiger partial charge in [0.15, 0.2) is 0 Å². The van der Waals surface area contributed by atoms with Gasteiger partial charge in [-0.15, -0.1) is 13.2 Å². The third-order valence-electron chi connectivity index (χ3n) is 2.78. The molecule has 0 unspecified atom stereocenters. The van der Waals surface area contributed by atoms with E-state index in [-0.39, 0.29) is 5.75 Å². The lowest BCUT2D eigenvalue weighted by Crippen LogP contribution is -2.17. The summed E-state index contributed by atoms with van der Waals surface area (Å²) in [5.74, 6) is -0.245. The molecule has 20 heavy (non-hydrogen) atoms. The van der Waals surface area contributed by atoms with Crippen molar-refractivity contribution in [3.63, 3.8) is 0 Å². The van der Waals surface area contributed by atoms with E-state index < -0.39 is 6.36 Å². The second-order valence-corrected chi connectivity index (χ2v) is 4.41. The monoisotopic (exact) mass is 278 g/mol. The first-order valence-electron chi connectivity index (χ1n) is 5.98. The molecule has 0 aliphatic heterocycles. The number of hydrogen-bond acceptors (Lipinski definition) is 1. The Bertz CT molecular complexity index is 613. The summed E-state index contributed by atoms with van der Waals surface area (Å²) < 4.78 is 40.9. The van der Waals surface area contributed by atoms with Gasteiger partial charge in [0.1, 0.15) is 5.75 Å². The molecule has 0 bridgehead atoms. The number of alkyl halides is 3. The van der Waals surface area contributed by atoms with Crippen LogP contribution in [0.25, 0.3) is 17.2 Å². The van der Waals surface area contributed by atoms with Gasteiger partial charge < -0.3 is 4.74 Å². The Morgan fingerprint density at radius 1 is 1.00 bits per heavy atom. The zero-order chi connectivity index (χ0) is 14.8. The molecule has 2 rings (SSSR count). The highest BCUT2D eigenvalue weighted by Crippen LogP contribution is 2.30. The van der Waals surface area contributed by atoms with E-state index in [1.165, 1.54) is 18.2 Å². The van der Waals surface area contributed by atoms with Gasteiger partial charge in [-0.05, 0) is 41.8 Å². The summed E-state index contributed by atoms with van der Waals surface area (Å²) in [4.78, 5) is 0. The van der Waals surface area contributed by atoms with Gasteiger partial charge in [0.25, 0.3) is 0 Å². The molecule has 0 aliphatic carbocycles. The van der Waals surface area contributed by atoms with Gasteiger partial charge in [-0.25, -0.2) is 0 Å². The highest BCUT2D eigenvalue weighted by Gasteiger charge is 2.31. The van der Waals surface area contributed by atoms with Crippen LogP contribution >= 0.6 is 0 Å². The summed E-state index contributed by atoms with van der Waals surface area (Å²) in [5.41, 5.74) is 3.13. The van der Waals surface area contributed by atoms with Crippen molar-refractivity contribution < 1.29 is 17.9 Å². The van der Waals surface area contributed by atoms with Gasteiger partial charge in [0.2, 0.25) is 0 Å². The van der Waals surface area contributed by atoms with Crippen molar-refractivity contribution in [1.82, 2.24) is 0 Å². The third-order valence-corrected chi connectivity index (χ3v) is 2.78. The van der Waals surface area contributed by atoms with Crippen molar-refractivity contribution in [2.45, 2.75) is 13.3 Å². The third kappa shape index (κ3) is 3.63. The topological polar surface area (TPSA) is 9.23 Å². The molecule has 4 heteroatoms. The Morgan fingerprint density at radius 3 is 2.20 bits per heavy atom. The summed E-state index contributed by atoms with van der Waals surface area (Å²) in [7, 11) is 0. The minimum atomic E-state index is -4.70. The van der Waals surface area contributed by atoms with Crippen LogP contribution in [0.3, 0.4) is 0 Å². The average molecular weight is 278 g/mol. The SMILES string of the molecule is C=Cc1cc(OC(F)(F)F)cc(-c2ccc(C)cc2)c1. The van der Waals surface area contributed by atoms with Crippen molar-refractivity contribution >= 4 is 6.08 Å². The molecule has 0 atom stereocenters. The lowest BCUT2D eigenvalue weighted by atomic mass is 10.0. The first-order valence-corrected chi connectivity index (χ1v) is 5.98. The van der Waals surface area contributed by atoms with Crippen LogP contribution in [0, 0.1) is 6.92 Å². The maximum Gasteiger partial charge on any atom is 0.573 e. The molecule has 2 aromatic rings. The molecule has 0 saturated heterocycles. The zero-order valence-corrected chi connectivity index (χ0v) is 10.9. The van der Waals surface area contributed by atoms with Crippen LogP contribution in [0.1, 0.15) is 11.1 Å². The van der Waals surface area contributed by atoms with E-state index in [1.807, 2.05) is 31.2 Å². The molecular formula is C16H13F3O. The van der Waals surface area contributed by atoms with Crippen molar-refractivity contribution in [2.24, 2.45) is 0 Å². The minimum absolute atomic E-state index is 0.245. The van der Waals surface area contributed by atoms with Crippen molar-refractivity contribution in [2.75, 3.05) is 0 Å². The van der Waals surface area contributed by atoms with Crippen LogP contribution in [0.15, 0.2) is 49.0 Å². The van der Waals surface area contributed by atoms with Gasteiger partial charge in [0, 0.05) is 0 Å². The van der Waals surface area contributed by atoms with E-state index in [4.69, 9.17) is 0 Å². The Morgan fingerprint density at radius 2 is 1.65 bits per heavy atom. The van der Waals surface area contributed by atoms with Crippen molar-refractivity contribution in [3.05, 3.63) is 60.2 Å². The molecule has 0 saturated carbocycles. The molecule has 0 heterocycles. The predicted octanol–water partition coefficient (Wildman–Crippen LogP) is 5.20. The van der Waals surface area contributed by atoms with Gasteiger partial charge >= 0.3 is 6.36 Å². The molecular weight excluding hydrogens is 265 g/mol. The fraction of sp³-hybridized carbons (Fsp3) is 0.125. The van der Waals surface area contributed by atoms with E-state index in [9.17, 15) is 13.2 Å². The first kappa shape index (κ1) is 14.2. The highest BCUT2D eigenvalue weighted by atomic mass is 19.4. The Balaban J connectivity index is 2.45. The predicted molar refractivity (Wildman–Crippen MR) is 73.4 cm³/mol. The number of hydrogen-bond donors (Lipinski definition) is 0. The maximum atomic E-state index is 12.3. The van der Waals surface area contributed by atoms with Crippen LogP contribution < -0.4 is 4.74 Å². The molecule has 0 N–H and O–H groups in total. The largest absolute Gasteiger partial charge is 0.573 e. The summed E-state index contributed by atoms with van der Waals surface area (Å²) in [6.45, 7) is 5.53. The smallest absolute Gasteiger partial charge is 0.406 e. The van der Waals surface area contributed by atoms with E-state index in [0.717, 1.165) is 11.1 Å². The lowest BCUT2D eigenvalue weighted by Gasteiger charge is -2.12. The number of rotatable bonds is 3. The average Bonchev–Trinajstić information content (AvgIpc) is 2.37. The Kier molecular flexibility index (Phi) is 3.84. The fourth-order valence-electron chi connectivity index (χ4n) is 1.85. The second-order valence-electron chi connectivity index (χ2n) is 4.41. The maximum absolute atomic E-state index is 12.3. The molecule has 0 fully saturated rings. The second kappa shape index (κ2) is 5.41. The number of halogens is 3. The van der Waals surface area contributed by atoms with Crippen molar-refractivity contribution in [3.8, 4) is 16.9 Å². The molecule has 1 nitrogen and oxygen atoms in total. The lowest BCUT2D eigenvalue weighted by molar-refractivity contribution is -0.274. The molecule has 0 amide bonds. The van der Waals surface area contributed by atoms with E-state index in [1.54, 1.807) is 6.07 Å². The molecule has 0 aromatic heterocycles. The van der Waals surface area contributed by atoms with E-state index in [0.29, 0.717) is 11.1 Å². The van der Waals surface area contributed by atoms with Crippen LogP contribution in [-0.4, -0.2) is 6.36 Å². The quantitative estimate of drug-likeness (QED) is 0.749. The minimum Gasteiger partial charge on any atom is -0.406 e. The van der Waals surface area contributed by atoms with Crippen LogP contribution in [0.4, 0.5) is 13.2 Å². The molecule has 0 aliphatic rings. The van der Waals surface area contributed by atoms with Crippen LogP contribution in [0.2, 0.25) is 0 Å². The number of benzene rings is 2. The molecule has 2 aromatic carbocycles.